The molecule has 0 unspecified atom stereocenters. The Hall–Kier alpha value is -2.30. The fraction of sp³-hybridized carbons (Fsp3) is 0.333. The van der Waals surface area contributed by atoms with Crippen LogP contribution in [-0.2, 0) is 19.4 Å². The molecule has 0 atom stereocenters. The SMILES string of the molecule is O=C(NCc1ccccn1)c1ncnc2c1CCCC2. The highest BCUT2D eigenvalue weighted by Gasteiger charge is 2.19. The van der Waals surface area contributed by atoms with Gasteiger partial charge >= 0.3 is 0 Å². The van der Waals surface area contributed by atoms with Crippen molar-refractivity contribution in [2.75, 3.05) is 0 Å². The van der Waals surface area contributed by atoms with Crippen LogP contribution in [0.5, 0.6) is 0 Å². The molecule has 102 valence electrons. The van der Waals surface area contributed by atoms with Crippen LogP contribution in [0.3, 0.4) is 0 Å². The molecule has 2 aromatic heterocycles. The molecule has 3 rings (SSSR count). The van der Waals surface area contributed by atoms with Crippen LogP contribution in [0.1, 0.15) is 40.3 Å². The zero-order chi connectivity index (χ0) is 13.8. The van der Waals surface area contributed by atoms with Gasteiger partial charge in [-0.2, -0.15) is 0 Å². The molecule has 1 N–H and O–H groups in total. The van der Waals surface area contributed by atoms with Gasteiger partial charge in [0.25, 0.3) is 5.91 Å². The molecule has 0 aromatic carbocycles. The topological polar surface area (TPSA) is 67.8 Å². The number of hydrogen-bond donors (Lipinski definition) is 1. The average molecular weight is 268 g/mol. The first kappa shape index (κ1) is 12.7. The highest BCUT2D eigenvalue weighted by atomic mass is 16.1. The lowest BCUT2D eigenvalue weighted by molar-refractivity contribution is 0.0943. The maximum atomic E-state index is 12.3. The van der Waals surface area contributed by atoms with E-state index in [1.807, 2.05) is 18.2 Å². The summed E-state index contributed by atoms with van der Waals surface area (Å²) in [6.45, 7) is 0.415. The number of pyridine rings is 1. The average Bonchev–Trinajstić information content (AvgIpc) is 2.53. The van der Waals surface area contributed by atoms with Gasteiger partial charge in [-0.05, 0) is 37.8 Å². The quantitative estimate of drug-likeness (QED) is 0.919. The number of nitrogens with zero attached hydrogens (tertiary/aromatic N) is 3. The fourth-order valence-corrected chi connectivity index (χ4v) is 2.47. The third-order valence-electron chi connectivity index (χ3n) is 3.50. The Labute approximate surface area is 117 Å². The minimum atomic E-state index is -0.142. The number of rotatable bonds is 3. The van der Waals surface area contributed by atoms with E-state index >= 15 is 0 Å². The summed E-state index contributed by atoms with van der Waals surface area (Å²) in [5.74, 6) is -0.142. The molecular formula is C15H16N4O. The van der Waals surface area contributed by atoms with E-state index in [2.05, 4.69) is 20.3 Å². The molecule has 5 nitrogen and oxygen atoms in total. The standard InChI is InChI=1S/C15H16N4O/c20-15(17-9-11-5-3-4-8-16-11)14-12-6-1-2-7-13(12)18-10-19-14/h3-5,8,10H,1-2,6-7,9H2,(H,17,20). The molecule has 20 heavy (non-hydrogen) atoms. The van der Waals surface area contributed by atoms with E-state index in [1.165, 1.54) is 6.33 Å². The summed E-state index contributed by atoms with van der Waals surface area (Å²) in [6.07, 6.45) is 7.27. The van der Waals surface area contributed by atoms with Crippen molar-refractivity contribution >= 4 is 5.91 Å². The normalized spacial score (nSPS) is 13.6. The monoisotopic (exact) mass is 268 g/mol. The van der Waals surface area contributed by atoms with E-state index in [-0.39, 0.29) is 5.91 Å². The van der Waals surface area contributed by atoms with Gasteiger partial charge in [0.05, 0.1) is 12.2 Å². The molecule has 2 aromatic rings. The molecule has 0 radical (unpaired) electrons. The van der Waals surface area contributed by atoms with Crippen molar-refractivity contribution in [3.63, 3.8) is 0 Å². The van der Waals surface area contributed by atoms with Crippen LogP contribution in [-0.4, -0.2) is 20.9 Å². The van der Waals surface area contributed by atoms with Gasteiger partial charge in [-0.25, -0.2) is 9.97 Å². The van der Waals surface area contributed by atoms with Gasteiger partial charge in [0.2, 0.25) is 0 Å². The van der Waals surface area contributed by atoms with Crippen molar-refractivity contribution < 1.29 is 4.79 Å². The molecule has 0 bridgehead atoms. The smallest absolute Gasteiger partial charge is 0.270 e. The predicted octanol–water partition coefficient (Wildman–Crippen LogP) is 1.68. The van der Waals surface area contributed by atoms with Crippen molar-refractivity contribution in [2.45, 2.75) is 32.2 Å². The maximum Gasteiger partial charge on any atom is 0.270 e. The Morgan fingerprint density at radius 2 is 2.05 bits per heavy atom. The minimum Gasteiger partial charge on any atom is -0.345 e. The van der Waals surface area contributed by atoms with Gasteiger partial charge in [-0.3, -0.25) is 9.78 Å². The lowest BCUT2D eigenvalue weighted by atomic mass is 9.94. The maximum absolute atomic E-state index is 12.3. The van der Waals surface area contributed by atoms with Crippen molar-refractivity contribution in [3.8, 4) is 0 Å². The highest BCUT2D eigenvalue weighted by Crippen LogP contribution is 2.21. The van der Waals surface area contributed by atoms with Crippen LogP contribution >= 0.6 is 0 Å². The molecule has 0 saturated carbocycles. The van der Waals surface area contributed by atoms with Crippen LogP contribution in [0.4, 0.5) is 0 Å². The molecule has 1 amide bonds. The number of fused-ring (bicyclic) bond motifs is 1. The number of aromatic nitrogens is 3. The minimum absolute atomic E-state index is 0.142. The second-order valence-corrected chi connectivity index (χ2v) is 4.86. The summed E-state index contributed by atoms with van der Waals surface area (Å²) >= 11 is 0. The van der Waals surface area contributed by atoms with Gasteiger partial charge in [0, 0.05) is 17.5 Å². The second kappa shape index (κ2) is 5.77. The fourth-order valence-electron chi connectivity index (χ4n) is 2.47. The summed E-state index contributed by atoms with van der Waals surface area (Å²) in [4.78, 5) is 24.9. The molecular weight excluding hydrogens is 252 g/mol. The van der Waals surface area contributed by atoms with E-state index in [1.54, 1.807) is 6.20 Å². The van der Waals surface area contributed by atoms with Gasteiger partial charge in [0.1, 0.15) is 12.0 Å². The third-order valence-corrected chi connectivity index (χ3v) is 3.50. The van der Waals surface area contributed by atoms with Crippen LogP contribution in [0.25, 0.3) is 0 Å². The molecule has 0 spiro atoms. The Morgan fingerprint density at radius 3 is 2.90 bits per heavy atom. The number of nitrogens with one attached hydrogen (secondary N) is 1. The lowest BCUT2D eigenvalue weighted by Gasteiger charge is -2.16. The van der Waals surface area contributed by atoms with Crippen LogP contribution < -0.4 is 5.32 Å². The zero-order valence-corrected chi connectivity index (χ0v) is 11.2. The van der Waals surface area contributed by atoms with Gasteiger partial charge in [-0.1, -0.05) is 6.07 Å². The predicted molar refractivity (Wildman–Crippen MR) is 74.1 cm³/mol. The van der Waals surface area contributed by atoms with Gasteiger partial charge < -0.3 is 5.32 Å². The van der Waals surface area contributed by atoms with Crippen LogP contribution in [0.15, 0.2) is 30.7 Å². The number of hydrogen-bond acceptors (Lipinski definition) is 4. The Kier molecular flexibility index (Phi) is 3.67. The summed E-state index contributed by atoms with van der Waals surface area (Å²) in [5.41, 5.74) is 3.39. The van der Waals surface area contributed by atoms with Crippen LogP contribution in [0.2, 0.25) is 0 Å². The molecule has 0 fully saturated rings. The van der Waals surface area contributed by atoms with Crippen molar-refractivity contribution in [1.29, 1.82) is 0 Å². The number of carbonyl (C=O) groups is 1. The molecule has 1 aliphatic carbocycles. The van der Waals surface area contributed by atoms with E-state index < -0.39 is 0 Å². The van der Waals surface area contributed by atoms with Crippen LogP contribution in [0, 0.1) is 0 Å². The number of amides is 1. The molecule has 0 aliphatic heterocycles. The van der Waals surface area contributed by atoms with E-state index in [4.69, 9.17) is 0 Å². The largest absolute Gasteiger partial charge is 0.345 e. The third kappa shape index (κ3) is 2.66. The van der Waals surface area contributed by atoms with Gasteiger partial charge in [-0.15, -0.1) is 0 Å². The molecule has 2 heterocycles. The van der Waals surface area contributed by atoms with E-state index in [0.717, 1.165) is 42.6 Å². The second-order valence-electron chi connectivity index (χ2n) is 4.86. The lowest BCUT2D eigenvalue weighted by Crippen LogP contribution is -2.27. The van der Waals surface area contributed by atoms with E-state index in [0.29, 0.717) is 12.2 Å². The van der Waals surface area contributed by atoms with E-state index in [9.17, 15) is 4.79 Å². The number of carbonyl (C=O) groups excluding carboxylic acids is 1. The zero-order valence-electron chi connectivity index (χ0n) is 11.2. The Balaban J connectivity index is 1.74. The summed E-state index contributed by atoms with van der Waals surface area (Å²) < 4.78 is 0. The Morgan fingerprint density at radius 1 is 1.15 bits per heavy atom. The first-order chi connectivity index (χ1) is 9.84. The molecule has 5 heteroatoms. The van der Waals surface area contributed by atoms with Crippen molar-refractivity contribution in [3.05, 3.63) is 53.4 Å². The first-order valence-electron chi connectivity index (χ1n) is 6.85. The van der Waals surface area contributed by atoms with Crippen molar-refractivity contribution in [2.24, 2.45) is 0 Å². The summed E-state index contributed by atoms with van der Waals surface area (Å²) in [6, 6.07) is 5.64. The summed E-state index contributed by atoms with van der Waals surface area (Å²) in [5, 5.41) is 2.87. The first-order valence-corrected chi connectivity index (χ1v) is 6.85. The molecule has 0 saturated heterocycles. The number of aryl methyl sites for hydroxylation is 1. The van der Waals surface area contributed by atoms with Gasteiger partial charge in [0.15, 0.2) is 0 Å². The Bertz CT molecular complexity index is 613. The highest BCUT2D eigenvalue weighted by molar-refractivity contribution is 5.93. The summed E-state index contributed by atoms with van der Waals surface area (Å²) in [7, 11) is 0. The molecule has 1 aliphatic rings. The van der Waals surface area contributed by atoms with Crippen molar-refractivity contribution in [1.82, 2.24) is 20.3 Å².